The summed E-state index contributed by atoms with van der Waals surface area (Å²) in [4.78, 5) is 12.2. The maximum atomic E-state index is 14.0. The zero-order valence-electron chi connectivity index (χ0n) is 20.2. The molecule has 0 aliphatic heterocycles. The third kappa shape index (κ3) is 5.66. The number of hydrogen-bond donors (Lipinski definition) is 1. The van der Waals surface area contributed by atoms with Crippen LogP contribution in [0.4, 0.5) is 18.0 Å². The van der Waals surface area contributed by atoms with Crippen LogP contribution in [0.3, 0.4) is 0 Å². The molecule has 192 valence electrons. The number of halogens is 3. The Hall–Kier alpha value is -2.95. The van der Waals surface area contributed by atoms with Crippen molar-refractivity contribution in [3.05, 3.63) is 59.5 Å². The van der Waals surface area contributed by atoms with Gasteiger partial charge in [0.1, 0.15) is 16.1 Å². The number of carbonyl (C=O) groups excluding carboxylic acids is 1. The van der Waals surface area contributed by atoms with E-state index in [1.165, 1.54) is 38.3 Å². The summed E-state index contributed by atoms with van der Waals surface area (Å²) in [6.45, 7) is 6.36. The number of nitrogens with one attached hydrogen (secondary N) is 1. The summed E-state index contributed by atoms with van der Waals surface area (Å²) in [5.74, 6) is 0.224. The molecule has 1 aliphatic carbocycles. The highest BCUT2D eigenvalue weighted by atomic mass is 32.2. The smallest absolute Gasteiger partial charge is 0.407 e. The highest BCUT2D eigenvalue weighted by Gasteiger charge is 2.46. The second-order valence-corrected chi connectivity index (χ2v) is 11.8. The van der Waals surface area contributed by atoms with Gasteiger partial charge in [-0.15, -0.1) is 0 Å². The lowest BCUT2D eigenvalue weighted by Gasteiger charge is -2.32. The van der Waals surface area contributed by atoms with Crippen LogP contribution >= 0.6 is 0 Å². The topological polar surface area (TPSA) is 86.6 Å². The molecule has 1 aliphatic rings. The Morgan fingerprint density at radius 1 is 1.20 bits per heavy atom. The summed E-state index contributed by atoms with van der Waals surface area (Å²) in [6.07, 6.45) is -1.24. The van der Waals surface area contributed by atoms with Crippen LogP contribution in [-0.2, 0) is 32.5 Å². The highest BCUT2D eigenvalue weighted by molar-refractivity contribution is 7.91. The number of alkyl halides is 3. The third-order valence-corrected chi connectivity index (χ3v) is 7.97. The van der Waals surface area contributed by atoms with Gasteiger partial charge in [0.25, 0.3) is 10.0 Å². The molecule has 35 heavy (non-hydrogen) atoms. The SMILES string of the molecule is COC1=CC=CCC1(C)S(=O)(=O)n1c(CNC(=O)OC(C)(C)C)cc2cc(CC(F)(F)F)ccc21. The lowest BCUT2D eigenvalue weighted by atomic mass is 10.00. The van der Waals surface area contributed by atoms with Crippen molar-refractivity contribution in [1.82, 2.24) is 9.29 Å². The summed E-state index contributed by atoms with van der Waals surface area (Å²) < 4.78 is 77.1. The van der Waals surface area contributed by atoms with Gasteiger partial charge in [-0.05, 0) is 64.0 Å². The number of methoxy groups -OCH3 is 1. The van der Waals surface area contributed by atoms with Crippen LogP contribution in [0.25, 0.3) is 10.9 Å². The van der Waals surface area contributed by atoms with Crippen LogP contribution in [0.1, 0.15) is 45.4 Å². The summed E-state index contributed by atoms with van der Waals surface area (Å²) in [5.41, 5.74) is -0.407. The minimum atomic E-state index is -4.41. The maximum absolute atomic E-state index is 14.0. The number of fused-ring (bicyclic) bond motifs is 1. The van der Waals surface area contributed by atoms with Crippen LogP contribution in [-0.4, -0.2) is 42.1 Å². The molecular formula is C24H29F3N2O5S. The molecule has 7 nitrogen and oxygen atoms in total. The monoisotopic (exact) mass is 514 g/mol. The van der Waals surface area contributed by atoms with E-state index < -0.39 is 39.1 Å². The van der Waals surface area contributed by atoms with E-state index in [4.69, 9.17) is 9.47 Å². The molecule has 11 heteroatoms. The predicted octanol–water partition coefficient (Wildman–Crippen LogP) is 5.20. The largest absolute Gasteiger partial charge is 0.499 e. The first-order valence-electron chi connectivity index (χ1n) is 10.9. The lowest BCUT2D eigenvalue weighted by molar-refractivity contribution is -0.127. The van der Waals surface area contributed by atoms with Gasteiger partial charge in [0.2, 0.25) is 0 Å². The van der Waals surface area contributed by atoms with E-state index in [1.54, 1.807) is 39.0 Å². The fourth-order valence-electron chi connectivity index (χ4n) is 3.97. The Bertz CT molecular complexity index is 1290. The second-order valence-electron chi connectivity index (χ2n) is 9.54. The number of carbonyl (C=O) groups is 1. The second kappa shape index (κ2) is 9.25. The van der Waals surface area contributed by atoms with Crippen LogP contribution < -0.4 is 5.32 Å². The maximum Gasteiger partial charge on any atom is 0.407 e. The third-order valence-electron chi connectivity index (χ3n) is 5.55. The number of rotatable bonds is 6. The van der Waals surface area contributed by atoms with E-state index in [-0.39, 0.29) is 35.5 Å². The van der Waals surface area contributed by atoms with Crippen LogP contribution in [0, 0.1) is 0 Å². The van der Waals surface area contributed by atoms with E-state index in [0.717, 1.165) is 3.97 Å². The quantitative estimate of drug-likeness (QED) is 0.573. The molecule has 0 bridgehead atoms. The Kier molecular flexibility index (Phi) is 7.05. The highest BCUT2D eigenvalue weighted by Crippen LogP contribution is 2.38. The van der Waals surface area contributed by atoms with Crippen molar-refractivity contribution in [2.24, 2.45) is 0 Å². The van der Waals surface area contributed by atoms with Gasteiger partial charge in [0.05, 0.1) is 31.3 Å². The number of ether oxygens (including phenoxy) is 2. The van der Waals surface area contributed by atoms with Crippen molar-refractivity contribution < 1.29 is 35.9 Å². The van der Waals surface area contributed by atoms with E-state index in [0.29, 0.717) is 5.39 Å². The Balaban J connectivity index is 2.13. The summed E-state index contributed by atoms with van der Waals surface area (Å²) in [7, 11) is -2.83. The number of aromatic nitrogens is 1. The Labute approximate surface area is 202 Å². The Morgan fingerprint density at radius 3 is 2.49 bits per heavy atom. The van der Waals surface area contributed by atoms with E-state index in [1.807, 2.05) is 0 Å². The van der Waals surface area contributed by atoms with Crippen molar-refractivity contribution in [1.29, 1.82) is 0 Å². The normalized spacial score (nSPS) is 18.9. The van der Waals surface area contributed by atoms with Gasteiger partial charge < -0.3 is 14.8 Å². The fourth-order valence-corrected chi connectivity index (χ4v) is 5.93. The zero-order valence-corrected chi connectivity index (χ0v) is 21.0. The molecule has 1 aromatic heterocycles. The fraction of sp³-hybridized carbons (Fsp3) is 0.458. The average Bonchev–Trinajstić information content (AvgIpc) is 3.08. The molecule has 1 aromatic carbocycles. The van der Waals surface area contributed by atoms with Gasteiger partial charge >= 0.3 is 12.3 Å². The van der Waals surface area contributed by atoms with Crippen molar-refractivity contribution in [2.45, 2.75) is 63.6 Å². The molecule has 2 aromatic rings. The summed E-state index contributed by atoms with van der Waals surface area (Å²) in [5, 5.41) is 2.84. The van der Waals surface area contributed by atoms with Crippen molar-refractivity contribution in [2.75, 3.05) is 7.11 Å². The first-order chi connectivity index (χ1) is 16.1. The average molecular weight is 515 g/mol. The van der Waals surface area contributed by atoms with Gasteiger partial charge in [-0.1, -0.05) is 18.2 Å². The van der Waals surface area contributed by atoms with Crippen LogP contribution in [0.5, 0.6) is 0 Å². The van der Waals surface area contributed by atoms with Crippen LogP contribution in [0.15, 0.2) is 48.3 Å². The molecule has 0 saturated carbocycles. The van der Waals surface area contributed by atoms with Crippen molar-refractivity contribution >= 4 is 27.0 Å². The van der Waals surface area contributed by atoms with Crippen molar-refractivity contribution in [3.8, 4) is 0 Å². The van der Waals surface area contributed by atoms with Gasteiger partial charge in [-0.25, -0.2) is 17.2 Å². The van der Waals surface area contributed by atoms with Gasteiger partial charge in [-0.3, -0.25) is 0 Å². The number of nitrogens with zero attached hydrogens (tertiary/aromatic N) is 1. The molecule has 1 heterocycles. The molecule has 1 unspecified atom stereocenters. The molecule has 0 radical (unpaired) electrons. The lowest BCUT2D eigenvalue weighted by Crippen LogP contribution is -2.43. The van der Waals surface area contributed by atoms with Gasteiger partial charge in [0, 0.05) is 5.39 Å². The van der Waals surface area contributed by atoms with Crippen LogP contribution in [0.2, 0.25) is 0 Å². The zero-order chi connectivity index (χ0) is 26.2. The molecule has 1 atom stereocenters. The summed E-state index contributed by atoms with van der Waals surface area (Å²) in [6, 6.07) is 5.37. The number of allylic oxidation sites excluding steroid dienone is 3. The number of hydrogen-bond acceptors (Lipinski definition) is 5. The number of amides is 1. The first kappa shape index (κ1) is 26.7. The van der Waals surface area contributed by atoms with Gasteiger partial charge in [-0.2, -0.15) is 13.2 Å². The number of benzene rings is 1. The van der Waals surface area contributed by atoms with Crippen molar-refractivity contribution in [3.63, 3.8) is 0 Å². The summed E-state index contributed by atoms with van der Waals surface area (Å²) >= 11 is 0. The van der Waals surface area contributed by atoms with E-state index in [2.05, 4.69) is 5.32 Å². The van der Waals surface area contributed by atoms with Gasteiger partial charge in [0.15, 0.2) is 0 Å². The van der Waals surface area contributed by atoms with E-state index in [9.17, 15) is 26.4 Å². The minimum Gasteiger partial charge on any atom is -0.499 e. The predicted molar refractivity (Wildman–Crippen MR) is 126 cm³/mol. The number of alkyl carbamates (subject to hydrolysis) is 1. The first-order valence-corrected chi connectivity index (χ1v) is 12.3. The Morgan fingerprint density at radius 2 is 1.89 bits per heavy atom. The van der Waals surface area contributed by atoms with E-state index >= 15 is 0 Å². The molecule has 0 spiro atoms. The minimum absolute atomic E-state index is 0.00418. The molecular weight excluding hydrogens is 485 g/mol. The molecule has 1 amide bonds. The molecule has 3 rings (SSSR count). The molecule has 0 fully saturated rings. The molecule has 0 saturated heterocycles. The standard InChI is InChI=1S/C24H29F3N2O5S/c1-22(2,3)34-21(30)28-15-18-13-17-12-16(14-24(25,26)27)9-10-19(17)29(18)35(31,32)23(4)11-7-6-8-20(23)33-5/h6-10,12-13H,11,14-15H2,1-5H3,(H,28,30). The molecule has 1 N–H and O–H groups in total.